The number of benzene rings is 1. The van der Waals surface area contributed by atoms with E-state index in [4.69, 9.17) is 4.74 Å². The van der Waals surface area contributed by atoms with Crippen LogP contribution in [0.3, 0.4) is 0 Å². The van der Waals surface area contributed by atoms with E-state index in [2.05, 4.69) is 4.72 Å². The zero-order valence-corrected chi connectivity index (χ0v) is 19.0. The van der Waals surface area contributed by atoms with Gasteiger partial charge in [-0.3, -0.25) is 9.59 Å². The van der Waals surface area contributed by atoms with E-state index >= 15 is 0 Å². The van der Waals surface area contributed by atoms with Gasteiger partial charge in [-0.2, -0.15) is 0 Å². The summed E-state index contributed by atoms with van der Waals surface area (Å²) in [6, 6.07) is 6.40. The van der Waals surface area contributed by atoms with Crippen molar-refractivity contribution in [2.45, 2.75) is 44.1 Å². The number of ether oxygens (including phenoxy) is 1. The molecule has 0 atom stereocenters. The number of carbonyl (C=O) groups excluding carboxylic acids is 2. The molecule has 0 aromatic heterocycles. The topological polar surface area (TPSA) is 96.0 Å². The SMILES string of the molecule is CNS(=O)(=O)c1ccc(CCC(=O)N(CCN(C)C)CC(=O)OC(C)(C)C)cc1. The van der Waals surface area contributed by atoms with Crippen LogP contribution >= 0.6 is 0 Å². The highest BCUT2D eigenvalue weighted by Gasteiger charge is 2.22. The summed E-state index contributed by atoms with van der Waals surface area (Å²) in [5.41, 5.74) is 0.237. The van der Waals surface area contributed by atoms with E-state index in [1.54, 1.807) is 32.9 Å². The number of amides is 1. The molecule has 0 saturated carbocycles. The molecule has 0 unspecified atom stereocenters. The van der Waals surface area contributed by atoms with Gasteiger partial charge in [0, 0.05) is 19.5 Å². The van der Waals surface area contributed by atoms with Crippen molar-refractivity contribution in [3.05, 3.63) is 29.8 Å². The Hall–Kier alpha value is -1.97. The molecule has 0 aliphatic heterocycles. The number of rotatable bonds is 10. The fraction of sp³-hybridized carbons (Fsp3) is 0.600. The van der Waals surface area contributed by atoms with E-state index in [0.29, 0.717) is 19.5 Å². The zero-order valence-electron chi connectivity index (χ0n) is 18.2. The van der Waals surface area contributed by atoms with Crippen molar-refractivity contribution in [2.24, 2.45) is 0 Å². The fourth-order valence-electron chi connectivity index (χ4n) is 2.50. The second-order valence-corrected chi connectivity index (χ2v) is 9.94. The lowest BCUT2D eigenvalue weighted by Crippen LogP contribution is -2.42. The van der Waals surface area contributed by atoms with Gasteiger partial charge in [0.15, 0.2) is 0 Å². The van der Waals surface area contributed by atoms with Gasteiger partial charge in [0.25, 0.3) is 0 Å². The minimum Gasteiger partial charge on any atom is -0.459 e. The minimum atomic E-state index is -3.48. The Balaban J connectivity index is 2.74. The van der Waals surface area contributed by atoms with Crippen LogP contribution in [0.2, 0.25) is 0 Å². The first-order chi connectivity index (χ1) is 13.3. The lowest BCUT2D eigenvalue weighted by Gasteiger charge is -2.26. The Morgan fingerprint density at radius 3 is 2.14 bits per heavy atom. The van der Waals surface area contributed by atoms with Crippen molar-refractivity contribution < 1.29 is 22.7 Å². The van der Waals surface area contributed by atoms with Crippen molar-refractivity contribution in [3.63, 3.8) is 0 Å². The molecule has 164 valence electrons. The second-order valence-electron chi connectivity index (χ2n) is 8.06. The monoisotopic (exact) mass is 427 g/mol. The number of esters is 1. The Labute approximate surface area is 174 Å². The van der Waals surface area contributed by atoms with E-state index in [1.165, 1.54) is 24.1 Å². The molecule has 1 rings (SSSR count). The molecular formula is C20H33N3O5S. The number of nitrogens with one attached hydrogen (secondary N) is 1. The van der Waals surface area contributed by atoms with Crippen LogP contribution < -0.4 is 4.72 Å². The summed E-state index contributed by atoms with van der Waals surface area (Å²) in [5, 5.41) is 0. The number of hydrogen-bond donors (Lipinski definition) is 1. The predicted molar refractivity (Wildman–Crippen MR) is 112 cm³/mol. The Morgan fingerprint density at radius 1 is 1.07 bits per heavy atom. The summed E-state index contributed by atoms with van der Waals surface area (Å²) < 4.78 is 31.2. The lowest BCUT2D eigenvalue weighted by atomic mass is 10.1. The highest BCUT2D eigenvalue weighted by Crippen LogP contribution is 2.13. The molecule has 0 heterocycles. The highest BCUT2D eigenvalue weighted by molar-refractivity contribution is 7.89. The van der Waals surface area contributed by atoms with Crippen molar-refractivity contribution >= 4 is 21.9 Å². The molecule has 0 bridgehead atoms. The molecule has 0 radical (unpaired) electrons. The van der Waals surface area contributed by atoms with Crippen molar-refractivity contribution in [1.82, 2.24) is 14.5 Å². The molecule has 0 fully saturated rings. The highest BCUT2D eigenvalue weighted by atomic mass is 32.2. The van der Waals surface area contributed by atoms with E-state index in [1.807, 2.05) is 19.0 Å². The minimum absolute atomic E-state index is 0.0940. The van der Waals surface area contributed by atoms with Crippen LogP contribution in [0, 0.1) is 0 Å². The number of carbonyl (C=O) groups is 2. The fourth-order valence-corrected chi connectivity index (χ4v) is 3.23. The summed E-state index contributed by atoms with van der Waals surface area (Å²) in [7, 11) is 1.67. The van der Waals surface area contributed by atoms with Crippen LogP contribution in [-0.2, 0) is 30.8 Å². The summed E-state index contributed by atoms with van der Waals surface area (Å²) in [6.07, 6.45) is 0.667. The number of nitrogens with zero attached hydrogens (tertiary/aromatic N) is 2. The van der Waals surface area contributed by atoms with Gasteiger partial charge in [-0.15, -0.1) is 0 Å². The zero-order chi connectivity index (χ0) is 22.2. The molecule has 0 saturated heterocycles. The first-order valence-corrected chi connectivity index (χ1v) is 11.0. The van der Waals surface area contributed by atoms with Crippen LogP contribution in [0.15, 0.2) is 29.2 Å². The summed E-state index contributed by atoms with van der Waals surface area (Å²) in [4.78, 5) is 28.5. The van der Waals surface area contributed by atoms with E-state index < -0.39 is 21.6 Å². The van der Waals surface area contributed by atoms with Gasteiger partial charge in [-0.25, -0.2) is 13.1 Å². The van der Waals surface area contributed by atoms with E-state index in [-0.39, 0.29) is 23.8 Å². The van der Waals surface area contributed by atoms with Gasteiger partial charge in [-0.05, 0) is 66.0 Å². The van der Waals surface area contributed by atoms with Crippen molar-refractivity contribution in [1.29, 1.82) is 0 Å². The summed E-state index contributed by atoms with van der Waals surface area (Å²) >= 11 is 0. The van der Waals surface area contributed by atoms with Gasteiger partial charge in [0.05, 0.1) is 4.90 Å². The van der Waals surface area contributed by atoms with Crippen LogP contribution in [0.25, 0.3) is 0 Å². The molecule has 29 heavy (non-hydrogen) atoms. The molecule has 1 N–H and O–H groups in total. The number of aryl methyl sites for hydroxylation is 1. The third kappa shape index (κ3) is 9.38. The Morgan fingerprint density at radius 2 is 1.66 bits per heavy atom. The van der Waals surface area contributed by atoms with E-state index in [9.17, 15) is 18.0 Å². The molecule has 1 aromatic carbocycles. The molecule has 1 amide bonds. The first kappa shape index (κ1) is 25.1. The molecule has 8 nitrogen and oxygen atoms in total. The van der Waals surface area contributed by atoms with Gasteiger partial charge in [0.2, 0.25) is 15.9 Å². The van der Waals surface area contributed by atoms with Crippen LogP contribution in [0.5, 0.6) is 0 Å². The lowest BCUT2D eigenvalue weighted by molar-refractivity contribution is -0.159. The maximum Gasteiger partial charge on any atom is 0.326 e. The smallest absolute Gasteiger partial charge is 0.326 e. The normalized spacial score (nSPS) is 12.1. The van der Waals surface area contributed by atoms with Gasteiger partial charge in [-0.1, -0.05) is 12.1 Å². The van der Waals surface area contributed by atoms with Gasteiger partial charge < -0.3 is 14.5 Å². The molecule has 0 spiro atoms. The number of sulfonamides is 1. The largest absolute Gasteiger partial charge is 0.459 e. The van der Waals surface area contributed by atoms with Crippen LogP contribution in [-0.4, -0.2) is 76.5 Å². The van der Waals surface area contributed by atoms with Gasteiger partial charge in [0.1, 0.15) is 12.1 Å². The number of likely N-dealkylation sites (N-methyl/N-ethyl adjacent to an activating group) is 1. The Bertz CT molecular complexity index is 783. The quantitative estimate of drug-likeness (QED) is 0.565. The third-order valence-electron chi connectivity index (χ3n) is 4.04. The maximum atomic E-state index is 12.7. The predicted octanol–water partition coefficient (Wildman–Crippen LogP) is 1.26. The van der Waals surface area contributed by atoms with Crippen molar-refractivity contribution in [3.8, 4) is 0 Å². The molecule has 1 aromatic rings. The standard InChI is InChI=1S/C20H33N3O5S/c1-20(2,3)28-19(25)15-23(14-13-22(5)6)18(24)12-9-16-7-10-17(11-8-16)29(26,27)21-4/h7-8,10-11,21H,9,12-15H2,1-6H3. The summed E-state index contributed by atoms with van der Waals surface area (Å²) in [6.45, 7) is 6.32. The average Bonchev–Trinajstić information content (AvgIpc) is 2.61. The first-order valence-electron chi connectivity index (χ1n) is 9.51. The third-order valence-corrected chi connectivity index (χ3v) is 5.47. The second kappa shape index (κ2) is 10.7. The van der Waals surface area contributed by atoms with Crippen molar-refractivity contribution in [2.75, 3.05) is 40.8 Å². The molecular weight excluding hydrogens is 394 g/mol. The van der Waals surface area contributed by atoms with Crippen LogP contribution in [0.1, 0.15) is 32.8 Å². The Kier molecular flexibility index (Phi) is 9.25. The number of hydrogen-bond acceptors (Lipinski definition) is 6. The van der Waals surface area contributed by atoms with Crippen LogP contribution in [0.4, 0.5) is 0 Å². The molecule has 9 heteroatoms. The molecule has 0 aliphatic rings. The maximum absolute atomic E-state index is 12.7. The average molecular weight is 428 g/mol. The summed E-state index contributed by atoms with van der Waals surface area (Å²) in [5.74, 6) is -0.587. The van der Waals surface area contributed by atoms with Gasteiger partial charge >= 0.3 is 5.97 Å². The molecule has 0 aliphatic carbocycles. The van der Waals surface area contributed by atoms with E-state index in [0.717, 1.165) is 5.56 Å².